The smallest absolute Gasteiger partial charge is 0.334 e. The van der Waals surface area contributed by atoms with Gasteiger partial charge in [0.2, 0.25) is 11.6 Å². The SMILES string of the molecule is O=[N+]([O-])c1c(Nc2cccc(Cl)c2)ncnc1Nc1ccccc1F. The normalized spacial score (nSPS) is 10.3. The molecule has 0 radical (unpaired) electrons. The predicted molar refractivity (Wildman–Crippen MR) is 93.1 cm³/mol. The Morgan fingerprint density at radius 2 is 1.76 bits per heavy atom. The lowest BCUT2D eigenvalue weighted by Crippen LogP contribution is -2.06. The molecule has 2 N–H and O–H groups in total. The van der Waals surface area contributed by atoms with E-state index in [0.29, 0.717) is 10.7 Å². The van der Waals surface area contributed by atoms with Crippen LogP contribution in [0.15, 0.2) is 54.9 Å². The zero-order valence-electron chi connectivity index (χ0n) is 12.6. The maximum absolute atomic E-state index is 13.8. The fourth-order valence-corrected chi connectivity index (χ4v) is 2.32. The van der Waals surface area contributed by atoms with Crippen LogP contribution in [0.1, 0.15) is 0 Å². The lowest BCUT2D eigenvalue weighted by Gasteiger charge is -2.10. The molecule has 2 aromatic carbocycles. The molecule has 0 fully saturated rings. The van der Waals surface area contributed by atoms with Gasteiger partial charge in [-0.05, 0) is 30.3 Å². The van der Waals surface area contributed by atoms with E-state index in [-0.39, 0.29) is 17.3 Å². The van der Waals surface area contributed by atoms with E-state index < -0.39 is 16.4 Å². The molecule has 0 aliphatic carbocycles. The van der Waals surface area contributed by atoms with Gasteiger partial charge in [-0.25, -0.2) is 14.4 Å². The van der Waals surface area contributed by atoms with E-state index in [0.717, 1.165) is 6.33 Å². The van der Waals surface area contributed by atoms with Crippen molar-refractivity contribution in [1.29, 1.82) is 0 Å². The van der Waals surface area contributed by atoms with Crippen molar-refractivity contribution in [3.63, 3.8) is 0 Å². The second-order valence-corrected chi connectivity index (χ2v) is 5.35. The molecule has 25 heavy (non-hydrogen) atoms. The van der Waals surface area contributed by atoms with Crippen molar-refractivity contribution in [3.05, 3.63) is 75.8 Å². The Bertz CT molecular complexity index is 938. The predicted octanol–water partition coefficient (Wildman–Crippen LogP) is 4.66. The van der Waals surface area contributed by atoms with Crippen LogP contribution in [0.5, 0.6) is 0 Å². The summed E-state index contributed by atoms with van der Waals surface area (Å²) in [7, 11) is 0. The average molecular weight is 360 g/mol. The minimum atomic E-state index is -0.643. The molecule has 0 aliphatic heterocycles. The number of hydrogen-bond donors (Lipinski definition) is 2. The van der Waals surface area contributed by atoms with Crippen molar-refractivity contribution in [2.45, 2.75) is 0 Å². The van der Waals surface area contributed by atoms with E-state index in [2.05, 4.69) is 20.6 Å². The van der Waals surface area contributed by atoms with Crippen molar-refractivity contribution in [1.82, 2.24) is 9.97 Å². The summed E-state index contributed by atoms with van der Waals surface area (Å²) in [6.07, 6.45) is 1.14. The molecule has 0 aliphatic rings. The zero-order chi connectivity index (χ0) is 17.8. The molecule has 1 heterocycles. The Morgan fingerprint density at radius 1 is 1.04 bits per heavy atom. The van der Waals surface area contributed by atoms with E-state index in [1.54, 1.807) is 30.3 Å². The zero-order valence-corrected chi connectivity index (χ0v) is 13.4. The molecule has 3 rings (SSSR count). The molecule has 0 unspecified atom stereocenters. The van der Waals surface area contributed by atoms with Crippen LogP contribution in [0.4, 0.5) is 33.1 Å². The number of aromatic nitrogens is 2. The molecule has 0 amide bonds. The molecule has 0 bridgehead atoms. The Balaban J connectivity index is 2.00. The standard InChI is InChI=1S/C16H11ClFN5O2/c17-10-4-3-5-11(8-10)21-15-14(23(24)25)16(20-9-19-15)22-13-7-2-1-6-12(13)18/h1-9H,(H2,19,20,21,22). The summed E-state index contributed by atoms with van der Waals surface area (Å²) in [4.78, 5) is 18.6. The number of benzene rings is 2. The minimum absolute atomic E-state index is 0.0406. The molecule has 0 atom stereocenters. The first kappa shape index (κ1) is 16.6. The number of nitrogens with zero attached hydrogens (tertiary/aromatic N) is 3. The molecule has 126 valence electrons. The molecule has 9 heteroatoms. The molecule has 0 saturated carbocycles. The van der Waals surface area contributed by atoms with Gasteiger partial charge in [0, 0.05) is 10.7 Å². The monoisotopic (exact) mass is 359 g/mol. The van der Waals surface area contributed by atoms with Crippen molar-refractivity contribution >= 4 is 40.3 Å². The third kappa shape index (κ3) is 3.81. The summed E-state index contributed by atoms with van der Waals surface area (Å²) in [5, 5.41) is 17.4. The topological polar surface area (TPSA) is 93.0 Å². The van der Waals surface area contributed by atoms with Crippen LogP contribution in [-0.4, -0.2) is 14.9 Å². The largest absolute Gasteiger partial charge is 0.353 e. The molecule has 1 aromatic heterocycles. The quantitative estimate of drug-likeness (QED) is 0.508. The fraction of sp³-hybridized carbons (Fsp3) is 0. The van der Waals surface area contributed by atoms with Gasteiger partial charge in [0.15, 0.2) is 0 Å². The number of hydrogen-bond acceptors (Lipinski definition) is 6. The summed E-state index contributed by atoms with van der Waals surface area (Å²) in [6, 6.07) is 12.4. The van der Waals surface area contributed by atoms with Gasteiger partial charge in [0.1, 0.15) is 12.1 Å². The maximum Gasteiger partial charge on any atom is 0.353 e. The Hall–Kier alpha value is -3.26. The highest BCUT2D eigenvalue weighted by molar-refractivity contribution is 6.30. The van der Waals surface area contributed by atoms with Gasteiger partial charge in [0.05, 0.1) is 10.6 Å². The van der Waals surface area contributed by atoms with Crippen LogP contribution < -0.4 is 10.6 Å². The van der Waals surface area contributed by atoms with Crippen molar-refractivity contribution < 1.29 is 9.31 Å². The van der Waals surface area contributed by atoms with E-state index in [4.69, 9.17) is 11.6 Å². The van der Waals surface area contributed by atoms with Gasteiger partial charge < -0.3 is 10.6 Å². The van der Waals surface area contributed by atoms with Crippen molar-refractivity contribution in [2.24, 2.45) is 0 Å². The third-order valence-electron chi connectivity index (χ3n) is 3.22. The molecular weight excluding hydrogens is 349 g/mol. The Kier molecular flexibility index (Phi) is 4.71. The van der Waals surface area contributed by atoms with E-state index in [1.807, 2.05) is 0 Å². The van der Waals surface area contributed by atoms with Crippen LogP contribution in [-0.2, 0) is 0 Å². The first-order valence-corrected chi connectivity index (χ1v) is 7.46. The highest BCUT2D eigenvalue weighted by Gasteiger charge is 2.24. The second kappa shape index (κ2) is 7.10. The molecule has 7 nitrogen and oxygen atoms in total. The Morgan fingerprint density at radius 3 is 2.44 bits per heavy atom. The third-order valence-corrected chi connectivity index (χ3v) is 3.45. The van der Waals surface area contributed by atoms with Gasteiger partial charge in [-0.2, -0.15) is 0 Å². The van der Waals surface area contributed by atoms with Gasteiger partial charge in [-0.15, -0.1) is 0 Å². The van der Waals surface area contributed by atoms with Gasteiger partial charge in [0.25, 0.3) is 0 Å². The number of para-hydroxylation sites is 1. The lowest BCUT2D eigenvalue weighted by atomic mass is 10.3. The fourth-order valence-electron chi connectivity index (χ4n) is 2.13. The van der Waals surface area contributed by atoms with Gasteiger partial charge in [-0.1, -0.05) is 29.8 Å². The molecular formula is C16H11ClFN5O2. The van der Waals surface area contributed by atoms with Crippen molar-refractivity contribution in [3.8, 4) is 0 Å². The summed E-state index contributed by atoms with van der Waals surface area (Å²) in [6.45, 7) is 0. The van der Waals surface area contributed by atoms with Gasteiger partial charge in [-0.3, -0.25) is 10.1 Å². The molecule has 3 aromatic rings. The number of rotatable bonds is 5. The lowest BCUT2D eigenvalue weighted by molar-refractivity contribution is -0.383. The van der Waals surface area contributed by atoms with Crippen molar-refractivity contribution in [2.75, 3.05) is 10.6 Å². The van der Waals surface area contributed by atoms with Crippen LogP contribution in [0.25, 0.3) is 0 Å². The first-order valence-electron chi connectivity index (χ1n) is 7.08. The summed E-state index contributed by atoms with van der Waals surface area (Å²) < 4.78 is 13.8. The van der Waals surface area contributed by atoms with Crippen LogP contribution in [0.3, 0.4) is 0 Å². The van der Waals surface area contributed by atoms with Crippen LogP contribution in [0.2, 0.25) is 5.02 Å². The first-order chi connectivity index (χ1) is 12.0. The summed E-state index contributed by atoms with van der Waals surface area (Å²) in [5.74, 6) is -0.726. The summed E-state index contributed by atoms with van der Waals surface area (Å²) >= 11 is 5.91. The van der Waals surface area contributed by atoms with E-state index in [9.17, 15) is 14.5 Å². The van der Waals surface area contributed by atoms with Crippen LogP contribution >= 0.6 is 11.6 Å². The van der Waals surface area contributed by atoms with E-state index >= 15 is 0 Å². The van der Waals surface area contributed by atoms with E-state index in [1.165, 1.54) is 18.2 Å². The highest BCUT2D eigenvalue weighted by atomic mass is 35.5. The minimum Gasteiger partial charge on any atom is -0.334 e. The van der Waals surface area contributed by atoms with Gasteiger partial charge >= 0.3 is 5.69 Å². The highest BCUT2D eigenvalue weighted by Crippen LogP contribution is 2.33. The van der Waals surface area contributed by atoms with Crippen LogP contribution in [0, 0.1) is 15.9 Å². The summed E-state index contributed by atoms with van der Waals surface area (Å²) in [5.41, 5.74) is 0.176. The molecule has 0 saturated heterocycles. The number of nitrogens with one attached hydrogen (secondary N) is 2. The number of anilines is 4. The molecule has 0 spiro atoms. The number of nitro groups is 1. The average Bonchev–Trinajstić information content (AvgIpc) is 2.57. The second-order valence-electron chi connectivity index (χ2n) is 4.92. The Labute approximate surface area is 146 Å². The number of halogens is 2. The maximum atomic E-state index is 13.8.